The molecule has 31 heavy (non-hydrogen) atoms. The summed E-state index contributed by atoms with van der Waals surface area (Å²) in [7, 11) is -1.82. The maximum atomic E-state index is 9.10. The van der Waals surface area contributed by atoms with Crippen molar-refractivity contribution in [2.75, 3.05) is 4.90 Å². The van der Waals surface area contributed by atoms with E-state index in [4.69, 9.17) is 24.9 Å². The Hall–Kier alpha value is -2.84. The van der Waals surface area contributed by atoms with Crippen LogP contribution in [0.15, 0.2) is 84.9 Å². The zero-order chi connectivity index (χ0) is 23.1. The Bertz CT molecular complexity index is 853. The summed E-state index contributed by atoms with van der Waals surface area (Å²) in [6.45, 7) is 6.31. The fourth-order valence-corrected chi connectivity index (χ4v) is 2.40. The first kappa shape index (κ1) is 24.4. The van der Waals surface area contributed by atoms with Gasteiger partial charge in [-0.1, -0.05) is 36.4 Å². The molecule has 0 aliphatic rings. The topological polar surface area (TPSA) is 93.4 Å². The summed E-state index contributed by atoms with van der Waals surface area (Å²) in [5.74, 6) is 0.393. The Morgan fingerprint density at radius 3 is 1.29 bits per heavy atom. The second-order valence-corrected chi connectivity index (χ2v) is 8.06. The van der Waals surface area contributed by atoms with Gasteiger partial charge in [0.1, 0.15) is 5.75 Å². The summed E-state index contributed by atoms with van der Waals surface area (Å²) in [5.41, 5.74) is 1.01. The van der Waals surface area contributed by atoms with E-state index >= 15 is 0 Å². The molecule has 0 fully saturated rings. The van der Waals surface area contributed by atoms with Gasteiger partial charge < -0.3 is 29.8 Å². The molecule has 7 heteroatoms. The third-order valence-corrected chi connectivity index (χ3v) is 4.86. The Balaban J connectivity index is 0.000000366. The molecule has 0 unspecified atom stereocenters. The van der Waals surface area contributed by atoms with Gasteiger partial charge >= 0.3 is 7.32 Å². The summed E-state index contributed by atoms with van der Waals surface area (Å²) in [4.78, 5) is 2.11. The maximum absolute atomic E-state index is 9.10. The lowest BCUT2D eigenvalue weighted by molar-refractivity contribution is -0.107. The van der Waals surface area contributed by atoms with Crippen molar-refractivity contribution in [3.05, 3.63) is 84.9 Å². The molecule has 0 saturated heterocycles. The Labute approximate surface area is 184 Å². The van der Waals surface area contributed by atoms with Gasteiger partial charge in [-0.15, -0.1) is 0 Å². The summed E-state index contributed by atoms with van der Waals surface area (Å²) in [5, 5.41) is 35.9. The minimum Gasteiger partial charge on any atom is -0.512 e. The van der Waals surface area contributed by atoms with E-state index in [1.807, 2.05) is 72.8 Å². The zero-order valence-electron chi connectivity index (χ0n) is 18.3. The lowest BCUT2D eigenvalue weighted by Crippen LogP contribution is -2.44. The van der Waals surface area contributed by atoms with Gasteiger partial charge in [0, 0.05) is 17.1 Å². The lowest BCUT2D eigenvalue weighted by atomic mass is 9.90. The number of hydrogen-bond donors (Lipinski definition) is 4. The van der Waals surface area contributed by atoms with Crippen LogP contribution in [0.4, 0.5) is 17.1 Å². The van der Waals surface area contributed by atoms with Crippen molar-refractivity contribution < 1.29 is 24.9 Å². The molecule has 0 aliphatic heterocycles. The number of aliphatic hydroxyl groups is 2. The third kappa shape index (κ3) is 7.42. The highest BCUT2D eigenvalue weighted by molar-refractivity contribution is 6.33. The summed E-state index contributed by atoms with van der Waals surface area (Å²) >= 11 is 0. The van der Waals surface area contributed by atoms with E-state index in [0.29, 0.717) is 5.75 Å². The minimum atomic E-state index is -1.82. The molecule has 0 radical (unpaired) electrons. The van der Waals surface area contributed by atoms with Crippen LogP contribution in [0.3, 0.4) is 0 Å². The molecule has 0 aliphatic carbocycles. The Morgan fingerprint density at radius 1 is 0.613 bits per heavy atom. The van der Waals surface area contributed by atoms with E-state index < -0.39 is 18.5 Å². The van der Waals surface area contributed by atoms with E-state index in [1.54, 1.807) is 39.8 Å². The van der Waals surface area contributed by atoms with Crippen molar-refractivity contribution in [2.24, 2.45) is 0 Å². The standard InChI is InChI=1S/C18H16BNO3.C6H14O2/c21-19(22)23-18-13-11-17(12-14-18)20(15-7-3-1-4-8-15)16-9-5-2-6-10-16;1-5(2,7)6(3,4)8/h1-14,21-22H;7-8H,1-4H3. The highest BCUT2D eigenvalue weighted by Crippen LogP contribution is 2.34. The minimum absolute atomic E-state index is 0.393. The van der Waals surface area contributed by atoms with Gasteiger partial charge in [-0.05, 0) is 76.2 Å². The van der Waals surface area contributed by atoms with Crippen LogP contribution in [0.1, 0.15) is 27.7 Å². The second kappa shape index (κ2) is 10.5. The molecule has 0 aromatic heterocycles. The molecule has 0 amide bonds. The first-order valence-corrected chi connectivity index (χ1v) is 9.97. The summed E-state index contributed by atoms with van der Waals surface area (Å²) in [6.07, 6.45) is 0. The van der Waals surface area contributed by atoms with Gasteiger partial charge in [0.25, 0.3) is 0 Å². The predicted molar refractivity (Wildman–Crippen MR) is 125 cm³/mol. The first-order chi connectivity index (χ1) is 14.5. The smallest absolute Gasteiger partial charge is 0.512 e. The molecule has 164 valence electrons. The molecular formula is C24H30BNO5. The quantitative estimate of drug-likeness (QED) is 0.448. The fraction of sp³-hybridized carbons (Fsp3) is 0.250. The molecule has 3 aromatic rings. The Morgan fingerprint density at radius 2 is 0.968 bits per heavy atom. The van der Waals surface area contributed by atoms with Gasteiger partial charge in [-0.25, -0.2) is 0 Å². The average molecular weight is 423 g/mol. The molecule has 4 N–H and O–H groups in total. The monoisotopic (exact) mass is 423 g/mol. The summed E-state index contributed by atoms with van der Waals surface area (Å²) in [6, 6.07) is 27.2. The number of para-hydroxylation sites is 2. The number of nitrogens with zero attached hydrogens (tertiary/aromatic N) is 1. The Kier molecular flexibility index (Phi) is 8.24. The molecule has 0 saturated carbocycles. The maximum Gasteiger partial charge on any atom is 0.707 e. The number of rotatable bonds is 6. The van der Waals surface area contributed by atoms with Crippen molar-refractivity contribution in [3.8, 4) is 5.75 Å². The van der Waals surface area contributed by atoms with Gasteiger partial charge in [0.15, 0.2) is 0 Å². The van der Waals surface area contributed by atoms with E-state index in [9.17, 15) is 0 Å². The van der Waals surface area contributed by atoms with Crippen LogP contribution in [-0.2, 0) is 0 Å². The lowest BCUT2D eigenvalue weighted by Gasteiger charge is -2.31. The number of anilines is 3. The molecule has 6 nitrogen and oxygen atoms in total. The van der Waals surface area contributed by atoms with Crippen LogP contribution in [0.2, 0.25) is 0 Å². The van der Waals surface area contributed by atoms with E-state index in [0.717, 1.165) is 17.1 Å². The first-order valence-electron chi connectivity index (χ1n) is 9.97. The molecule has 0 spiro atoms. The van der Waals surface area contributed by atoms with E-state index in [2.05, 4.69) is 4.90 Å². The molecule has 0 bridgehead atoms. The van der Waals surface area contributed by atoms with Gasteiger partial charge in [0.05, 0.1) is 11.2 Å². The normalized spacial score (nSPS) is 11.2. The van der Waals surface area contributed by atoms with Crippen molar-refractivity contribution in [3.63, 3.8) is 0 Å². The highest BCUT2D eigenvalue weighted by Gasteiger charge is 2.31. The van der Waals surface area contributed by atoms with Crippen LogP contribution in [0, 0.1) is 0 Å². The van der Waals surface area contributed by atoms with Crippen molar-refractivity contribution >= 4 is 24.4 Å². The predicted octanol–water partition coefficient (Wildman–Crippen LogP) is 4.03. The fourth-order valence-electron chi connectivity index (χ4n) is 2.40. The van der Waals surface area contributed by atoms with E-state index in [-0.39, 0.29) is 0 Å². The molecular weight excluding hydrogens is 393 g/mol. The molecule has 3 aromatic carbocycles. The van der Waals surface area contributed by atoms with Crippen molar-refractivity contribution in [2.45, 2.75) is 38.9 Å². The van der Waals surface area contributed by atoms with E-state index in [1.165, 1.54) is 0 Å². The zero-order valence-corrected chi connectivity index (χ0v) is 18.3. The molecule has 0 heterocycles. The summed E-state index contributed by atoms with van der Waals surface area (Å²) < 4.78 is 4.85. The van der Waals surface area contributed by atoms with Crippen LogP contribution in [-0.4, -0.2) is 38.8 Å². The molecule has 3 rings (SSSR count). The van der Waals surface area contributed by atoms with Gasteiger partial charge in [0.2, 0.25) is 0 Å². The van der Waals surface area contributed by atoms with Crippen LogP contribution in [0.5, 0.6) is 5.75 Å². The highest BCUT2D eigenvalue weighted by atomic mass is 16.6. The number of hydrogen-bond acceptors (Lipinski definition) is 6. The second-order valence-electron chi connectivity index (χ2n) is 8.06. The van der Waals surface area contributed by atoms with Crippen molar-refractivity contribution in [1.29, 1.82) is 0 Å². The van der Waals surface area contributed by atoms with Crippen LogP contribution < -0.4 is 9.55 Å². The molecule has 0 atom stereocenters. The number of benzene rings is 3. The van der Waals surface area contributed by atoms with Gasteiger partial charge in [-0.3, -0.25) is 0 Å². The average Bonchev–Trinajstić information content (AvgIpc) is 2.70. The van der Waals surface area contributed by atoms with Gasteiger partial charge in [-0.2, -0.15) is 0 Å². The van der Waals surface area contributed by atoms with Crippen LogP contribution >= 0.6 is 0 Å². The van der Waals surface area contributed by atoms with Crippen LogP contribution in [0.25, 0.3) is 0 Å². The SMILES string of the molecule is CC(C)(O)C(C)(C)O.OB(O)Oc1ccc(N(c2ccccc2)c2ccccc2)cc1. The third-order valence-electron chi connectivity index (χ3n) is 4.86. The largest absolute Gasteiger partial charge is 0.707 e. The van der Waals surface area contributed by atoms with Crippen molar-refractivity contribution in [1.82, 2.24) is 0 Å².